The fourth-order valence-corrected chi connectivity index (χ4v) is 3.20. The number of carbonyl (C=O) groups excluding carboxylic acids is 3. The van der Waals surface area contributed by atoms with Crippen LogP contribution in [0.3, 0.4) is 0 Å². The van der Waals surface area contributed by atoms with Gasteiger partial charge >= 0.3 is 17.8 Å². The van der Waals surface area contributed by atoms with Gasteiger partial charge in [-0.15, -0.1) is 0 Å². The van der Waals surface area contributed by atoms with Crippen molar-refractivity contribution >= 4 is 45.6 Å². The van der Waals surface area contributed by atoms with Crippen molar-refractivity contribution in [2.75, 3.05) is 19.5 Å². The molecule has 0 fully saturated rings. The molecule has 2 N–H and O–H groups in total. The first-order valence-corrected chi connectivity index (χ1v) is 10.6. The van der Waals surface area contributed by atoms with Crippen LogP contribution >= 0.6 is 15.9 Å². The molecule has 0 aliphatic carbocycles. The van der Waals surface area contributed by atoms with E-state index in [1.807, 2.05) is 0 Å². The van der Waals surface area contributed by atoms with Gasteiger partial charge < -0.3 is 19.5 Å². The van der Waals surface area contributed by atoms with E-state index in [2.05, 4.69) is 31.8 Å². The lowest BCUT2D eigenvalue weighted by atomic mass is 10.2. The highest BCUT2D eigenvalue weighted by atomic mass is 79.9. The van der Waals surface area contributed by atoms with E-state index in [1.165, 1.54) is 20.4 Å². The molecular formula is C24H20BrN3O6. The standard InChI is InChI=1S/C24H20BrN3O6/c1-32-16-11-12-19(21(13-16)33-2)27-22(29)23(30)28-26-14-15-7-3-6-10-20(15)34-24(31)17-8-4-5-9-18(17)25/h3-14H,1-2H3,(H,27,29)(H,28,30)/b26-14+. The molecule has 2 amide bonds. The fourth-order valence-electron chi connectivity index (χ4n) is 2.75. The highest BCUT2D eigenvalue weighted by Crippen LogP contribution is 2.29. The van der Waals surface area contributed by atoms with Crippen molar-refractivity contribution in [3.8, 4) is 17.2 Å². The highest BCUT2D eigenvalue weighted by molar-refractivity contribution is 9.10. The lowest BCUT2D eigenvalue weighted by Crippen LogP contribution is -2.32. The smallest absolute Gasteiger partial charge is 0.344 e. The summed E-state index contributed by atoms with van der Waals surface area (Å²) in [5, 5.41) is 6.24. The Bertz CT molecular complexity index is 1240. The molecule has 0 radical (unpaired) electrons. The van der Waals surface area contributed by atoms with E-state index in [9.17, 15) is 14.4 Å². The Hall–Kier alpha value is -4.18. The molecule has 0 unspecified atom stereocenters. The van der Waals surface area contributed by atoms with E-state index in [-0.39, 0.29) is 11.4 Å². The molecule has 0 aliphatic heterocycles. The molecule has 10 heteroatoms. The molecule has 0 aromatic heterocycles. The van der Waals surface area contributed by atoms with Gasteiger partial charge in [-0.1, -0.05) is 24.3 Å². The zero-order valence-electron chi connectivity index (χ0n) is 18.2. The molecule has 0 aliphatic rings. The topological polar surface area (TPSA) is 115 Å². The summed E-state index contributed by atoms with van der Waals surface area (Å²) in [4.78, 5) is 36.9. The molecule has 0 spiro atoms. The maximum Gasteiger partial charge on any atom is 0.344 e. The van der Waals surface area contributed by atoms with Gasteiger partial charge in [0.1, 0.15) is 17.2 Å². The molecule has 0 saturated carbocycles. The predicted molar refractivity (Wildman–Crippen MR) is 129 cm³/mol. The van der Waals surface area contributed by atoms with Gasteiger partial charge in [-0.3, -0.25) is 9.59 Å². The van der Waals surface area contributed by atoms with Crippen molar-refractivity contribution in [2.24, 2.45) is 5.10 Å². The third-order valence-electron chi connectivity index (χ3n) is 4.45. The summed E-state index contributed by atoms with van der Waals surface area (Å²) in [6.07, 6.45) is 1.27. The Balaban J connectivity index is 1.64. The van der Waals surface area contributed by atoms with Crippen LogP contribution in [0, 0.1) is 0 Å². The number of hydrogen-bond donors (Lipinski definition) is 2. The number of benzene rings is 3. The number of methoxy groups -OCH3 is 2. The third kappa shape index (κ3) is 6.20. The van der Waals surface area contributed by atoms with E-state index in [4.69, 9.17) is 14.2 Å². The van der Waals surface area contributed by atoms with E-state index in [0.717, 1.165) is 0 Å². The van der Waals surface area contributed by atoms with Crippen LogP contribution in [-0.4, -0.2) is 38.2 Å². The van der Waals surface area contributed by atoms with Crippen molar-refractivity contribution in [2.45, 2.75) is 0 Å². The average Bonchev–Trinajstić information content (AvgIpc) is 2.85. The third-order valence-corrected chi connectivity index (χ3v) is 5.14. The Morgan fingerprint density at radius 2 is 1.62 bits per heavy atom. The van der Waals surface area contributed by atoms with Crippen molar-refractivity contribution < 1.29 is 28.6 Å². The predicted octanol–water partition coefficient (Wildman–Crippen LogP) is 3.77. The average molecular weight is 526 g/mol. The SMILES string of the molecule is COc1ccc(NC(=O)C(=O)N/N=C/c2ccccc2OC(=O)c2ccccc2Br)c(OC)c1. The van der Waals surface area contributed by atoms with Crippen molar-refractivity contribution in [1.82, 2.24) is 5.43 Å². The van der Waals surface area contributed by atoms with Crippen LogP contribution in [0.4, 0.5) is 5.69 Å². The van der Waals surface area contributed by atoms with Gasteiger partial charge in [0.25, 0.3) is 0 Å². The van der Waals surface area contributed by atoms with Gasteiger partial charge in [-0.05, 0) is 52.3 Å². The lowest BCUT2D eigenvalue weighted by Gasteiger charge is -2.11. The second-order valence-corrected chi connectivity index (χ2v) is 7.48. The maximum absolute atomic E-state index is 12.5. The Labute approximate surface area is 203 Å². The zero-order valence-corrected chi connectivity index (χ0v) is 19.8. The minimum absolute atomic E-state index is 0.230. The molecule has 174 valence electrons. The summed E-state index contributed by atoms with van der Waals surface area (Å²) >= 11 is 3.31. The van der Waals surface area contributed by atoms with Crippen molar-refractivity contribution in [3.05, 3.63) is 82.3 Å². The normalized spacial score (nSPS) is 10.4. The van der Waals surface area contributed by atoms with Gasteiger partial charge in [0.15, 0.2) is 0 Å². The first kappa shape index (κ1) is 24.5. The lowest BCUT2D eigenvalue weighted by molar-refractivity contribution is -0.136. The number of hydrogen-bond acceptors (Lipinski definition) is 7. The summed E-state index contributed by atoms with van der Waals surface area (Å²) in [6.45, 7) is 0. The van der Waals surface area contributed by atoms with Gasteiger partial charge in [0.2, 0.25) is 0 Å². The van der Waals surface area contributed by atoms with Crippen LogP contribution in [0.15, 0.2) is 76.3 Å². The number of anilines is 1. The van der Waals surface area contributed by atoms with Gasteiger partial charge in [-0.2, -0.15) is 5.10 Å². The fraction of sp³-hybridized carbons (Fsp3) is 0.0833. The number of para-hydroxylation sites is 1. The number of rotatable bonds is 7. The monoisotopic (exact) mass is 525 g/mol. The van der Waals surface area contributed by atoms with Crippen molar-refractivity contribution in [1.29, 1.82) is 0 Å². The van der Waals surface area contributed by atoms with E-state index >= 15 is 0 Å². The molecule has 0 saturated heterocycles. The second kappa shape index (κ2) is 11.6. The highest BCUT2D eigenvalue weighted by Gasteiger charge is 2.16. The summed E-state index contributed by atoms with van der Waals surface area (Å²) in [6, 6.07) is 18.2. The Kier molecular flexibility index (Phi) is 8.36. The van der Waals surface area contributed by atoms with Gasteiger partial charge in [0.05, 0.1) is 31.7 Å². The van der Waals surface area contributed by atoms with Crippen LogP contribution in [0.1, 0.15) is 15.9 Å². The Morgan fingerprint density at radius 3 is 2.35 bits per heavy atom. The largest absolute Gasteiger partial charge is 0.497 e. The van der Waals surface area contributed by atoms with Crippen LogP contribution in [-0.2, 0) is 9.59 Å². The number of nitrogens with one attached hydrogen (secondary N) is 2. The molecule has 9 nitrogen and oxygen atoms in total. The number of nitrogens with zero attached hydrogens (tertiary/aromatic N) is 1. The summed E-state index contributed by atoms with van der Waals surface area (Å²) in [7, 11) is 2.92. The summed E-state index contributed by atoms with van der Waals surface area (Å²) in [5.74, 6) is -1.43. The molecule has 34 heavy (non-hydrogen) atoms. The second-order valence-electron chi connectivity index (χ2n) is 6.63. The number of esters is 1. The number of ether oxygens (including phenoxy) is 3. The van der Waals surface area contributed by atoms with Gasteiger partial charge in [0, 0.05) is 16.1 Å². The first-order valence-electron chi connectivity index (χ1n) is 9.85. The van der Waals surface area contributed by atoms with Gasteiger partial charge in [-0.25, -0.2) is 10.2 Å². The molecule has 0 heterocycles. The number of halogens is 1. The Morgan fingerprint density at radius 1 is 0.882 bits per heavy atom. The van der Waals surface area contributed by atoms with E-state index in [0.29, 0.717) is 27.1 Å². The molecular weight excluding hydrogens is 506 g/mol. The minimum Gasteiger partial charge on any atom is -0.497 e. The molecule has 0 atom stereocenters. The van der Waals surface area contributed by atoms with Crippen LogP contribution < -0.4 is 25.0 Å². The molecule has 3 rings (SSSR count). The quantitative estimate of drug-likeness (QED) is 0.159. The summed E-state index contributed by atoms with van der Waals surface area (Å²) in [5.41, 5.74) is 3.20. The van der Waals surface area contributed by atoms with Crippen LogP contribution in [0.5, 0.6) is 17.2 Å². The zero-order chi connectivity index (χ0) is 24.5. The molecule has 0 bridgehead atoms. The molecule has 3 aromatic rings. The van der Waals surface area contributed by atoms with E-state index in [1.54, 1.807) is 66.7 Å². The van der Waals surface area contributed by atoms with E-state index < -0.39 is 17.8 Å². The maximum atomic E-state index is 12.5. The first-order chi connectivity index (χ1) is 16.4. The van der Waals surface area contributed by atoms with Crippen LogP contribution in [0.2, 0.25) is 0 Å². The summed E-state index contributed by atoms with van der Waals surface area (Å²) < 4.78 is 16.3. The molecule has 3 aromatic carbocycles. The number of carbonyl (C=O) groups is 3. The number of amides is 2. The minimum atomic E-state index is -1.00. The van der Waals surface area contributed by atoms with Crippen LogP contribution in [0.25, 0.3) is 0 Å². The number of hydrazone groups is 1. The van der Waals surface area contributed by atoms with Crippen molar-refractivity contribution in [3.63, 3.8) is 0 Å².